The maximum Gasteiger partial charge on any atom is 0.226 e. The average Bonchev–Trinajstić information content (AvgIpc) is 3.17. The lowest BCUT2D eigenvalue weighted by Crippen LogP contribution is -2.43. The summed E-state index contributed by atoms with van der Waals surface area (Å²) >= 11 is 0. The van der Waals surface area contributed by atoms with Gasteiger partial charge in [-0.25, -0.2) is 4.98 Å². The molecular formula is C18H23N3O. The lowest BCUT2D eigenvalue weighted by molar-refractivity contribution is 0.154. The molecule has 3 heterocycles. The number of aryl methyl sites for hydroxylation is 1. The maximum atomic E-state index is 5.67. The second-order valence-electron chi connectivity index (χ2n) is 6.64. The molecule has 4 heteroatoms. The van der Waals surface area contributed by atoms with Gasteiger partial charge >= 0.3 is 0 Å². The van der Waals surface area contributed by atoms with Gasteiger partial charge in [-0.1, -0.05) is 17.7 Å². The monoisotopic (exact) mass is 297 g/mol. The van der Waals surface area contributed by atoms with Gasteiger partial charge in [0.25, 0.3) is 0 Å². The predicted molar refractivity (Wildman–Crippen MR) is 86.5 cm³/mol. The number of rotatable bonds is 3. The van der Waals surface area contributed by atoms with Crippen LogP contribution in [-0.2, 0) is 6.54 Å². The van der Waals surface area contributed by atoms with Gasteiger partial charge in [-0.3, -0.25) is 4.90 Å². The molecule has 1 aromatic carbocycles. The Bertz CT molecular complexity index is 634. The van der Waals surface area contributed by atoms with E-state index in [4.69, 9.17) is 4.42 Å². The van der Waals surface area contributed by atoms with E-state index in [0.29, 0.717) is 0 Å². The molecule has 2 atom stereocenters. The quantitative estimate of drug-likeness (QED) is 0.946. The number of nitrogens with one attached hydrogen (secondary N) is 1. The number of nitrogens with zero attached hydrogens (tertiary/aromatic N) is 2. The molecule has 0 aliphatic carbocycles. The Hall–Kier alpha value is -1.65. The van der Waals surface area contributed by atoms with Crippen molar-refractivity contribution in [3.63, 3.8) is 0 Å². The lowest BCUT2D eigenvalue weighted by Gasteiger charge is -2.34. The summed E-state index contributed by atoms with van der Waals surface area (Å²) in [6, 6.07) is 9.08. The molecule has 2 unspecified atom stereocenters. The summed E-state index contributed by atoms with van der Waals surface area (Å²) in [5, 5.41) is 3.61. The van der Waals surface area contributed by atoms with Crippen molar-refractivity contribution in [2.24, 2.45) is 5.92 Å². The Balaban J connectivity index is 1.42. The highest BCUT2D eigenvalue weighted by molar-refractivity contribution is 5.53. The van der Waals surface area contributed by atoms with Gasteiger partial charge in [0.1, 0.15) is 6.26 Å². The van der Waals surface area contributed by atoms with Gasteiger partial charge in [-0.15, -0.1) is 0 Å². The molecule has 0 bridgehead atoms. The highest BCUT2D eigenvalue weighted by Crippen LogP contribution is 2.26. The van der Waals surface area contributed by atoms with Crippen LogP contribution in [0.4, 0.5) is 0 Å². The molecule has 2 fully saturated rings. The number of benzene rings is 1. The number of likely N-dealkylation sites (tertiary alicyclic amines) is 1. The van der Waals surface area contributed by atoms with Gasteiger partial charge < -0.3 is 9.73 Å². The van der Waals surface area contributed by atoms with E-state index in [9.17, 15) is 0 Å². The van der Waals surface area contributed by atoms with Crippen LogP contribution in [0.1, 0.15) is 24.1 Å². The van der Waals surface area contributed by atoms with Gasteiger partial charge in [-0.05, 0) is 44.4 Å². The van der Waals surface area contributed by atoms with E-state index in [1.165, 1.54) is 31.5 Å². The second-order valence-corrected chi connectivity index (χ2v) is 6.64. The zero-order valence-corrected chi connectivity index (χ0v) is 13.1. The molecule has 2 saturated heterocycles. The van der Waals surface area contributed by atoms with E-state index < -0.39 is 0 Å². The molecule has 0 amide bonds. The SMILES string of the molecule is Cc1ccc(-c2nc(CN3CCC4NCCC4C3)co2)cc1. The molecule has 2 aliphatic heterocycles. The van der Waals surface area contributed by atoms with Crippen molar-refractivity contribution in [1.82, 2.24) is 15.2 Å². The predicted octanol–water partition coefficient (Wildman–Crippen LogP) is 2.83. The summed E-state index contributed by atoms with van der Waals surface area (Å²) in [6.07, 6.45) is 4.39. The Morgan fingerprint density at radius 1 is 1.27 bits per heavy atom. The maximum absolute atomic E-state index is 5.67. The van der Waals surface area contributed by atoms with E-state index >= 15 is 0 Å². The number of hydrogen-bond donors (Lipinski definition) is 1. The normalized spacial score (nSPS) is 25.3. The van der Waals surface area contributed by atoms with Crippen LogP contribution < -0.4 is 5.32 Å². The fourth-order valence-corrected chi connectivity index (χ4v) is 3.70. The van der Waals surface area contributed by atoms with Gasteiger partial charge in [0, 0.05) is 31.2 Å². The van der Waals surface area contributed by atoms with Crippen molar-refractivity contribution < 1.29 is 4.42 Å². The second kappa shape index (κ2) is 5.86. The molecule has 2 aromatic rings. The summed E-state index contributed by atoms with van der Waals surface area (Å²) in [5.74, 6) is 1.55. The van der Waals surface area contributed by atoms with Crippen molar-refractivity contribution in [3.05, 3.63) is 41.8 Å². The Labute approximate surface area is 131 Å². The van der Waals surface area contributed by atoms with Crippen molar-refractivity contribution in [3.8, 4) is 11.5 Å². The molecule has 1 N–H and O–H groups in total. The first-order chi connectivity index (χ1) is 10.8. The van der Waals surface area contributed by atoms with E-state index in [2.05, 4.69) is 46.4 Å². The largest absolute Gasteiger partial charge is 0.444 e. The minimum absolute atomic E-state index is 0.729. The first kappa shape index (κ1) is 14.0. The highest BCUT2D eigenvalue weighted by Gasteiger charge is 2.32. The minimum atomic E-state index is 0.729. The van der Waals surface area contributed by atoms with Crippen LogP contribution >= 0.6 is 0 Å². The van der Waals surface area contributed by atoms with Crippen LogP contribution in [-0.4, -0.2) is 35.6 Å². The van der Waals surface area contributed by atoms with Crippen molar-refractivity contribution in [2.75, 3.05) is 19.6 Å². The van der Waals surface area contributed by atoms with Crippen molar-refractivity contribution >= 4 is 0 Å². The van der Waals surface area contributed by atoms with E-state index in [-0.39, 0.29) is 0 Å². The molecule has 0 spiro atoms. The molecule has 0 saturated carbocycles. The van der Waals surface area contributed by atoms with Gasteiger partial charge in [-0.2, -0.15) is 0 Å². The first-order valence-electron chi connectivity index (χ1n) is 8.25. The standard InChI is InChI=1S/C18H23N3O/c1-13-2-4-14(5-3-13)18-20-16(12-22-18)11-21-9-7-17-15(10-21)6-8-19-17/h2-5,12,15,17,19H,6-11H2,1H3. The third-order valence-electron chi connectivity index (χ3n) is 4.98. The van der Waals surface area contributed by atoms with E-state index in [1.807, 2.05) is 6.26 Å². The number of aromatic nitrogens is 1. The molecule has 116 valence electrons. The zero-order valence-electron chi connectivity index (χ0n) is 13.1. The number of hydrogen-bond acceptors (Lipinski definition) is 4. The Kier molecular flexibility index (Phi) is 3.72. The van der Waals surface area contributed by atoms with Crippen molar-refractivity contribution in [1.29, 1.82) is 0 Å². The Morgan fingerprint density at radius 2 is 2.14 bits per heavy atom. The average molecular weight is 297 g/mol. The summed E-state index contributed by atoms with van der Waals surface area (Å²) < 4.78 is 5.67. The van der Waals surface area contributed by atoms with Crippen LogP contribution in [0.25, 0.3) is 11.5 Å². The Morgan fingerprint density at radius 3 is 3.00 bits per heavy atom. The zero-order chi connectivity index (χ0) is 14.9. The summed E-state index contributed by atoms with van der Waals surface area (Å²) in [7, 11) is 0. The molecule has 1 aromatic heterocycles. The summed E-state index contributed by atoms with van der Waals surface area (Å²) in [4.78, 5) is 7.18. The van der Waals surface area contributed by atoms with Gasteiger partial charge in [0.15, 0.2) is 0 Å². The smallest absolute Gasteiger partial charge is 0.226 e. The fraction of sp³-hybridized carbons (Fsp3) is 0.500. The van der Waals surface area contributed by atoms with Gasteiger partial charge in [0.05, 0.1) is 5.69 Å². The molecular weight excluding hydrogens is 274 g/mol. The topological polar surface area (TPSA) is 41.3 Å². The number of piperidine rings is 1. The third kappa shape index (κ3) is 2.81. The van der Waals surface area contributed by atoms with E-state index in [1.54, 1.807) is 0 Å². The molecule has 4 nitrogen and oxygen atoms in total. The molecule has 4 rings (SSSR count). The number of oxazole rings is 1. The lowest BCUT2D eigenvalue weighted by atomic mass is 9.93. The molecule has 22 heavy (non-hydrogen) atoms. The van der Waals surface area contributed by atoms with Crippen LogP contribution in [0.2, 0.25) is 0 Å². The highest BCUT2D eigenvalue weighted by atomic mass is 16.3. The van der Waals surface area contributed by atoms with Crippen LogP contribution in [0, 0.1) is 12.8 Å². The number of fused-ring (bicyclic) bond motifs is 1. The van der Waals surface area contributed by atoms with E-state index in [0.717, 1.165) is 42.2 Å². The minimum Gasteiger partial charge on any atom is -0.444 e. The van der Waals surface area contributed by atoms with Crippen LogP contribution in [0.15, 0.2) is 34.9 Å². The summed E-state index contributed by atoms with van der Waals surface area (Å²) in [5.41, 5.74) is 3.35. The fourth-order valence-electron chi connectivity index (χ4n) is 3.70. The first-order valence-corrected chi connectivity index (χ1v) is 8.25. The molecule has 2 aliphatic rings. The third-order valence-corrected chi connectivity index (χ3v) is 4.98. The van der Waals surface area contributed by atoms with Gasteiger partial charge in [0.2, 0.25) is 5.89 Å². The van der Waals surface area contributed by atoms with Crippen LogP contribution in [0.5, 0.6) is 0 Å². The van der Waals surface area contributed by atoms with Crippen molar-refractivity contribution in [2.45, 2.75) is 32.4 Å². The molecule has 0 radical (unpaired) electrons. The summed E-state index contributed by atoms with van der Waals surface area (Å²) in [6.45, 7) is 6.51. The van der Waals surface area contributed by atoms with Crippen LogP contribution in [0.3, 0.4) is 0 Å².